The minimum atomic E-state index is -0.0442. The van der Waals surface area contributed by atoms with Gasteiger partial charge >= 0.3 is 0 Å². The summed E-state index contributed by atoms with van der Waals surface area (Å²) in [6.07, 6.45) is -0.0442. The Morgan fingerprint density at radius 1 is 1.19 bits per heavy atom. The van der Waals surface area contributed by atoms with Crippen molar-refractivity contribution in [3.63, 3.8) is 0 Å². The maximum atomic E-state index is 5.94. The lowest BCUT2D eigenvalue weighted by Gasteiger charge is -2.18. The molecule has 0 radical (unpaired) electrons. The predicted molar refractivity (Wildman–Crippen MR) is 123 cm³/mol. The Kier molecular flexibility index (Phi) is 10.5. The highest BCUT2D eigenvalue weighted by Gasteiger charge is 2.10. The van der Waals surface area contributed by atoms with Gasteiger partial charge in [-0.15, -0.1) is 35.3 Å². The second kappa shape index (κ2) is 12.0. The van der Waals surface area contributed by atoms with Crippen LogP contribution in [0.15, 0.2) is 34.6 Å². The van der Waals surface area contributed by atoms with Gasteiger partial charge in [0, 0.05) is 12.4 Å². The standard InChI is InChI=1S/C19H28N4O2S.HI/c1-13(2)15-12-26-18(23-15)11-22-19(20-4)21-10-14(3)25-17-9-7-6-8-16(17)24-5;/h6-9,12-14H,10-11H2,1-5H3,(H2,20,21,22);1H. The minimum absolute atomic E-state index is 0. The monoisotopic (exact) mass is 504 g/mol. The Morgan fingerprint density at radius 3 is 2.48 bits per heavy atom. The van der Waals surface area contributed by atoms with E-state index < -0.39 is 0 Å². The van der Waals surface area contributed by atoms with Gasteiger partial charge < -0.3 is 20.1 Å². The molecule has 0 bridgehead atoms. The Morgan fingerprint density at radius 2 is 1.89 bits per heavy atom. The summed E-state index contributed by atoms with van der Waals surface area (Å²) in [5.41, 5.74) is 1.13. The van der Waals surface area contributed by atoms with E-state index in [2.05, 4.69) is 39.8 Å². The average molecular weight is 504 g/mol. The fourth-order valence-corrected chi connectivity index (χ4v) is 3.16. The Hall–Kier alpha value is -1.55. The third-order valence-electron chi connectivity index (χ3n) is 3.75. The number of rotatable bonds is 8. The van der Waals surface area contributed by atoms with Crippen LogP contribution in [0.1, 0.15) is 37.4 Å². The zero-order chi connectivity index (χ0) is 18.9. The van der Waals surface area contributed by atoms with Crippen LogP contribution in [-0.2, 0) is 6.54 Å². The van der Waals surface area contributed by atoms with Gasteiger partial charge in [0.2, 0.25) is 0 Å². The molecular formula is C19H29IN4O2S. The summed E-state index contributed by atoms with van der Waals surface area (Å²) in [6, 6.07) is 7.63. The lowest BCUT2D eigenvalue weighted by molar-refractivity contribution is 0.213. The highest BCUT2D eigenvalue weighted by Crippen LogP contribution is 2.26. The molecule has 1 atom stereocenters. The van der Waals surface area contributed by atoms with E-state index in [1.54, 1.807) is 25.5 Å². The van der Waals surface area contributed by atoms with Crippen LogP contribution in [-0.4, -0.2) is 37.7 Å². The van der Waals surface area contributed by atoms with Gasteiger partial charge in [0.25, 0.3) is 0 Å². The summed E-state index contributed by atoms with van der Waals surface area (Å²) < 4.78 is 11.3. The van der Waals surface area contributed by atoms with E-state index >= 15 is 0 Å². The first kappa shape index (κ1) is 23.5. The van der Waals surface area contributed by atoms with Crippen molar-refractivity contribution in [2.75, 3.05) is 20.7 Å². The second-order valence-corrected chi connectivity index (χ2v) is 7.15. The van der Waals surface area contributed by atoms with E-state index in [4.69, 9.17) is 9.47 Å². The molecule has 0 amide bonds. The fraction of sp³-hybridized carbons (Fsp3) is 0.474. The van der Waals surface area contributed by atoms with Crippen LogP contribution in [0.5, 0.6) is 11.5 Å². The van der Waals surface area contributed by atoms with Crippen molar-refractivity contribution in [1.29, 1.82) is 0 Å². The van der Waals surface area contributed by atoms with Crippen LogP contribution < -0.4 is 20.1 Å². The van der Waals surface area contributed by atoms with Crippen LogP contribution in [0.25, 0.3) is 0 Å². The Labute approximate surface area is 182 Å². The van der Waals surface area contributed by atoms with Gasteiger partial charge in [-0.05, 0) is 25.0 Å². The van der Waals surface area contributed by atoms with Gasteiger partial charge in [-0.25, -0.2) is 4.98 Å². The van der Waals surface area contributed by atoms with Crippen LogP contribution in [0.4, 0.5) is 0 Å². The molecule has 27 heavy (non-hydrogen) atoms. The molecule has 0 saturated heterocycles. The molecule has 2 N–H and O–H groups in total. The van der Waals surface area contributed by atoms with Crippen molar-refractivity contribution in [3.8, 4) is 11.5 Å². The molecule has 1 unspecified atom stereocenters. The lowest BCUT2D eigenvalue weighted by Crippen LogP contribution is -2.41. The smallest absolute Gasteiger partial charge is 0.191 e. The molecule has 6 nitrogen and oxygen atoms in total. The molecule has 0 saturated carbocycles. The van der Waals surface area contributed by atoms with Crippen molar-refractivity contribution in [2.45, 2.75) is 39.3 Å². The van der Waals surface area contributed by atoms with Crippen LogP contribution in [0, 0.1) is 0 Å². The zero-order valence-corrected chi connectivity index (χ0v) is 19.6. The number of hydrogen-bond donors (Lipinski definition) is 2. The van der Waals surface area contributed by atoms with Gasteiger partial charge in [-0.2, -0.15) is 0 Å². The molecule has 0 aliphatic rings. The second-order valence-electron chi connectivity index (χ2n) is 6.21. The van der Waals surface area contributed by atoms with Gasteiger partial charge in [0.1, 0.15) is 11.1 Å². The number of ether oxygens (including phenoxy) is 2. The molecule has 2 aromatic rings. The van der Waals surface area contributed by atoms with Crippen LogP contribution >= 0.6 is 35.3 Å². The van der Waals surface area contributed by atoms with E-state index in [-0.39, 0.29) is 30.1 Å². The van der Waals surface area contributed by atoms with Gasteiger partial charge in [0.15, 0.2) is 17.5 Å². The maximum absolute atomic E-state index is 5.94. The number of guanidine groups is 1. The summed E-state index contributed by atoms with van der Waals surface area (Å²) in [6.45, 7) is 7.57. The Balaban J connectivity index is 0.00000364. The summed E-state index contributed by atoms with van der Waals surface area (Å²) in [5.74, 6) is 2.63. The first-order chi connectivity index (χ1) is 12.5. The van der Waals surface area contributed by atoms with Crippen molar-refractivity contribution < 1.29 is 9.47 Å². The number of halogens is 1. The molecule has 150 valence electrons. The van der Waals surface area contributed by atoms with Crippen LogP contribution in [0.2, 0.25) is 0 Å². The number of benzene rings is 1. The number of aliphatic imine (C=N–C) groups is 1. The molecule has 0 aliphatic carbocycles. The minimum Gasteiger partial charge on any atom is -0.493 e. The number of para-hydroxylation sites is 2. The van der Waals surface area contributed by atoms with Crippen LogP contribution in [0.3, 0.4) is 0 Å². The summed E-state index contributed by atoms with van der Waals surface area (Å²) >= 11 is 1.67. The summed E-state index contributed by atoms with van der Waals surface area (Å²) in [5, 5.41) is 9.73. The van der Waals surface area contributed by atoms with Gasteiger partial charge in [0.05, 0.1) is 25.9 Å². The molecule has 2 rings (SSSR count). The fourth-order valence-electron chi connectivity index (χ4n) is 2.27. The third-order valence-corrected chi connectivity index (χ3v) is 4.61. The quantitative estimate of drug-likeness (QED) is 0.323. The molecule has 1 aromatic heterocycles. The van der Waals surface area contributed by atoms with Crippen molar-refractivity contribution >= 4 is 41.3 Å². The summed E-state index contributed by atoms with van der Waals surface area (Å²) in [7, 11) is 3.39. The van der Waals surface area contributed by atoms with Gasteiger partial charge in [-0.3, -0.25) is 4.99 Å². The van der Waals surface area contributed by atoms with E-state index in [1.807, 2.05) is 31.2 Å². The average Bonchev–Trinajstić information content (AvgIpc) is 3.11. The largest absolute Gasteiger partial charge is 0.493 e. The molecule has 8 heteroatoms. The molecule has 0 aliphatic heterocycles. The van der Waals surface area contributed by atoms with E-state index in [1.165, 1.54) is 0 Å². The topological polar surface area (TPSA) is 67.8 Å². The van der Waals surface area contributed by atoms with E-state index in [0.717, 1.165) is 28.2 Å². The van der Waals surface area contributed by atoms with E-state index in [0.29, 0.717) is 19.0 Å². The molecular weight excluding hydrogens is 475 g/mol. The normalized spacial score (nSPS) is 12.3. The molecule has 1 aromatic carbocycles. The SMILES string of the molecule is CN=C(NCc1nc(C(C)C)cs1)NCC(C)Oc1ccccc1OC.I. The number of thiazole rings is 1. The van der Waals surface area contributed by atoms with Crippen molar-refractivity contribution in [2.24, 2.45) is 4.99 Å². The van der Waals surface area contributed by atoms with Crippen molar-refractivity contribution in [3.05, 3.63) is 40.3 Å². The Bertz CT molecular complexity index is 721. The van der Waals surface area contributed by atoms with Gasteiger partial charge in [-0.1, -0.05) is 26.0 Å². The highest BCUT2D eigenvalue weighted by atomic mass is 127. The number of nitrogens with zero attached hydrogens (tertiary/aromatic N) is 2. The number of methoxy groups -OCH3 is 1. The summed E-state index contributed by atoms with van der Waals surface area (Å²) in [4.78, 5) is 8.87. The maximum Gasteiger partial charge on any atom is 0.191 e. The van der Waals surface area contributed by atoms with Crippen molar-refractivity contribution in [1.82, 2.24) is 15.6 Å². The number of aromatic nitrogens is 1. The first-order valence-electron chi connectivity index (χ1n) is 8.72. The highest BCUT2D eigenvalue weighted by molar-refractivity contribution is 14.0. The first-order valence-corrected chi connectivity index (χ1v) is 9.60. The molecule has 1 heterocycles. The predicted octanol–water partition coefficient (Wildman–Crippen LogP) is 4.03. The zero-order valence-electron chi connectivity index (χ0n) is 16.5. The number of nitrogens with one attached hydrogen (secondary N) is 2. The molecule has 0 fully saturated rings. The number of hydrogen-bond acceptors (Lipinski definition) is 5. The van der Waals surface area contributed by atoms with E-state index in [9.17, 15) is 0 Å². The third kappa shape index (κ3) is 7.53. The lowest BCUT2D eigenvalue weighted by atomic mass is 10.2. The molecule has 0 spiro atoms.